The minimum absolute atomic E-state index is 0.0581. The van der Waals surface area contributed by atoms with Crippen LogP contribution in [-0.4, -0.2) is 55.1 Å². The number of hydrogen-bond donors (Lipinski definition) is 2. The molecule has 142 valence electrons. The van der Waals surface area contributed by atoms with Crippen LogP contribution in [0.3, 0.4) is 0 Å². The van der Waals surface area contributed by atoms with Crippen molar-refractivity contribution in [3.8, 4) is 0 Å². The number of carbonyl (C=O) groups excluding carboxylic acids is 2. The molecule has 28 heavy (non-hydrogen) atoms. The largest absolute Gasteiger partial charge is 0.334 e. The third-order valence-electron chi connectivity index (χ3n) is 5.53. The molecule has 2 aliphatic heterocycles. The molecule has 8 nitrogen and oxygen atoms in total. The SMILES string of the molecule is O=C(c1cccc(C(=O)N2CCc3[nH]ncc3C2)c1)N1CCc2[nH]ncc2C1. The van der Waals surface area contributed by atoms with Gasteiger partial charge >= 0.3 is 0 Å². The molecule has 0 fully saturated rings. The van der Waals surface area contributed by atoms with E-state index in [2.05, 4.69) is 20.4 Å². The molecule has 0 aliphatic carbocycles. The summed E-state index contributed by atoms with van der Waals surface area (Å²) >= 11 is 0. The Hall–Kier alpha value is -3.42. The molecule has 0 saturated carbocycles. The maximum atomic E-state index is 13.0. The van der Waals surface area contributed by atoms with Crippen LogP contribution in [0.4, 0.5) is 0 Å². The van der Waals surface area contributed by atoms with Crippen molar-refractivity contribution in [2.45, 2.75) is 25.9 Å². The number of rotatable bonds is 2. The molecule has 2 N–H and O–H groups in total. The standard InChI is InChI=1S/C20H20N6O2/c27-19(25-6-4-17-15(11-25)9-21-23-17)13-2-1-3-14(8-13)20(28)26-7-5-18-16(12-26)10-22-24-18/h1-3,8-10H,4-7,11-12H2,(H,21,23)(H,22,24). The van der Waals surface area contributed by atoms with Gasteiger partial charge in [0.05, 0.1) is 12.4 Å². The van der Waals surface area contributed by atoms with Crippen LogP contribution in [0.5, 0.6) is 0 Å². The van der Waals surface area contributed by atoms with Crippen molar-refractivity contribution >= 4 is 11.8 Å². The molecule has 0 unspecified atom stereocenters. The van der Waals surface area contributed by atoms with Crippen molar-refractivity contribution in [2.75, 3.05) is 13.1 Å². The number of hydrogen-bond acceptors (Lipinski definition) is 4. The van der Waals surface area contributed by atoms with Crippen molar-refractivity contribution in [1.82, 2.24) is 30.2 Å². The third-order valence-corrected chi connectivity index (χ3v) is 5.53. The van der Waals surface area contributed by atoms with E-state index < -0.39 is 0 Å². The monoisotopic (exact) mass is 376 g/mol. The van der Waals surface area contributed by atoms with E-state index >= 15 is 0 Å². The first kappa shape index (κ1) is 16.7. The second-order valence-corrected chi connectivity index (χ2v) is 7.28. The number of benzene rings is 1. The molecule has 8 heteroatoms. The summed E-state index contributed by atoms with van der Waals surface area (Å²) < 4.78 is 0. The van der Waals surface area contributed by atoms with Gasteiger partial charge in [-0.15, -0.1) is 0 Å². The molecule has 0 radical (unpaired) electrons. The number of carbonyl (C=O) groups is 2. The average molecular weight is 376 g/mol. The summed E-state index contributed by atoms with van der Waals surface area (Å²) in [6.07, 6.45) is 5.07. The summed E-state index contributed by atoms with van der Waals surface area (Å²) in [6, 6.07) is 7.03. The van der Waals surface area contributed by atoms with Gasteiger partial charge in [0.25, 0.3) is 11.8 Å². The number of H-pyrrole nitrogens is 2. The fourth-order valence-electron chi connectivity index (χ4n) is 3.94. The Kier molecular flexibility index (Phi) is 3.96. The van der Waals surface area contributed by atoms with Crippen LogP contribution in [0.2, 0.25) is 0 Å². The molecule has 3 aromatic rings. The second kappa shape index (κ2) is 6.63. The van der Waals surface area contributed by atoms with Gasteiger partial charge < -0.3 is 9.80 Å². The first-order valence-corrected chi connectivity index (χ1v) is 9.40. The molecule has 4 heterocycles. The molecule has 2 aliphatic rings. The van der Waals surface area contributed by atoms with Gasteiger partial charge in [-0.1, -0.05) is 6.07 Å². The molecule has 2 aromatic heterocycles. The van der Waals surface area contributed by atoms with Gasteiger partial charge in [0, 0.05) is 72.7 Å². The number of aromatic nitrogens is 4. The first-order chi connectivity index (χ1) is 13.7. The highest BCUT2D eigenvalue weighted by molar-refractivity contribution is 5.99. The molecule has 0 spiro atoms. The van der Waals surface area contributed by atoms with E-state index in [1.165, 1.54) is 0 Å². The van der Waals surface area contributed by atoms with Gasteiger partial charge in [0.2, 0.25) is 0 Å². The lowest BCUT2D eigenvalue weighted by atomic mass is 10.0. The zero-order valence-electron chi connectivity index (χ0n) is 15.3. The summed E-state index contributed by atoms with van der Waals surface area (Å²) in [6.45, 7) is 2.36. The third kappa shape index (κ3) is 2.87. The zero-order chi connectivity index (χ0) is 19.1. The van der Waals surface area contributed by atoms with E-state index in [1.807, 2.05) is 0 Å². The number of nitrogens with one attached hydrogen (secondary N) is 2. The average Bonchev–Trinajstić information content (AvgIpc) is 3.40. The number of fused-ring (bicyclic) bond motifs is 2. The van der Waals surface area contributed by atoms with E-state index in [9.17, 15) is 9.59 Å². The van der Waals surface area contributed by atoms with E-state index in [0.717, 1.165) is 35.4 Å². The number of nitrogens with zero attached hydrogens (tertiary/aromatic N) is 4. The van der Waals surface area contributed by atoms with Gasteiger partial charge in [0.15, 0.2) is 0 Å². The Bertz CT molecular complexity index is 973. The van der Waals surface area contributed by atoms with Crippen molar-refractivity contribution in [2.24, 2.45) is 0 Å². The molecule has 0 atom stereocenters. The Morgan fingerprint density at radius 1 is 0.821 bits per heavy atom. The van der Waals surface area contributed by atoms with Crippen LogP contribution >= 0.6 is 0 Å². The van der Waals surface area contributed by atoms with E-state index in [0.29, 0.717) is 37.3 Å². The maximum Gasteiger partial charge on any atom is 0.254 e. The smallest absolute Gasteiger partial charge is 0.254 e. The molecule has 1 aromatic carbocycles. The van der Waals surface area contributed by atoms with Crippen LogP contribution in [0, 0.1) is 0 Å². The van der Waals surface area contributed by atoms with Crippen LogP contribution < -0.4 is 0 Å². The summed E-state index contributed by atoms with van der Waals surface area (Å²) in [4.78, 5) is 29.6. The molecule has 5 rings (SSSR count). The maximum absolute atomic E-state index is 13.0. The van der Waals surface area contributed by atoms with Crippen LogP contribution in [0.25, 0.3) is 0 Å². The highest BCUT2D eigenvalue weighted by atomic mass is 16.2. The lowest BCUT2D eigenvalue weighted by Gasteiger charge is -2.28. The van der Waals surface area contributed by atoms with Gasteiger partial charge in [-0.05, 0) is 18.2 Å². The van der Waals surface area contributed by atoms with Gasteiger partial charge in [0.1, 0.15) is 0 Å². The van der Waals surface area contributed by atoms with Crippen LogP contribution in [0.1, 0.15) is 43.2 Å². The van der Waals surface area contributed by atoms with Crippen molar-refractivity contribution in [3.63, 3.8) is 0 Å². The molecule has 0 saturated heterocycles. The van der Waals surface area contributed by atoms with Crippen LogP contribution in [-0.2, 0) is 25.9 Å². The number of aromatic amines is 2. The molecular weight excluding hydrogens is 356 g/mol. The minimum Gasteiger partial charge on any atom is -0.334 e. The molecule has 2 amide bonds. The normalized spacial score (nSPS) is 15.9. The number of amides is 2. The van der Waals surface area contributed by atoms with Gasteiger partial charge in [-0.2, -0.15) is 10.2 Å². The van der Waals surface area contributed by atoms with Crippen molar-refractivity contribution < 1.29 is 9.59 Å². The second-order valence-electron chi connectivity index (χ2n) is 7.28. The molecule has 0 bridgehead atoms. The summed E-state index contributed by atoms with van der Waals surface area (Å²) in [5, 5.41) is 14.1. The van der Waals surface area contributed by atoms with E-state index in [1.54, 1.807) is 46.5 Å². The topological polar surface area (TPSA) is 98.0 Å². The predicted molar refractivity (Wildman–Crippen MR) is 101 cm³/mol. The van der Waals surface area contributed by atoms with Crippen molar-refractivity contribution in [3.05, 3.63) is 70.3 Å². The fourth-order valence-corrected chi connectivity index (χ4v) is 3.94. The summed E-state index contributed by atoms with van der Waals surface area (Å²) in [7, 11) is 0. The Balaban J connectivity index is 1.34. The van der Waals surface area contributed by atoms with Gasteiger partial charge in [-0.25, -0.2) is 0 Å². The van der Waals surface area contributed by atoms with E-state index in [4.69, 9.17) is 0 Å². The lowest BCUT2D eigenvalue weighted by Crippen LogP contribution is -2.37. The summed E-state index contributed by atoms with van der Waals surface area (Å²) in [5.74, 6) is -0.116. The highest BCUT2D eigenvalue weighted by Gasteiger charge is 2.26. The highest BCUT2D eigenvalue weighted by Crippen LogP contribution is 2.21. The lowest BCUT2D eigenvalue weighted by molar-refractivity contribution is 0.0732. The van der Waals surface area contributed by atoms with Crippen LogP contribution in [0.15, 0.2) is 36.7 Å². The summed E-state index contributed by atoms with van der Waals surface area (Å²) in [5.41, 5.74) is 5.37. The Morgan fingerprint density at radius 3 is 1.82 bits per heavy atom. The zero-order valence-corrected chi connectivity index (χ0v) is 15.3. The quantitative estimate of drug-likeness (QED) is 0.709. The van der Waals surface area contributed by atoms with Crippen molar-refractivity contribution in [1.29, 1.82) is 0 Å². The predicted octanol–water partition coefficient (Wildman–Crippen LogP) is 1.53. The Labute approximate surface area is 161 Å². The minimum atomic E-state index is -0.0581. The van der Waals surface area contributed by atoms with E-state index in [-0.39, 0.29) is 11.8 Å². The Morgan fingerprint density at radius 2 is 1.32 bits per heavy atom. The fraction of sp³-hybridized carbons (Fsp3) is 0.300. The van der Waals surface area contributed by atoms with Gasteiger partial charge in [-0.3, -0.25) is 19.8 Å². The molecular formula is C20H20N6O2. The first-order valence-electron chi connectivity index (χ1n) is 9.40.